The minimum absolute atomic E-state index is 0.0491. The summed E-state index contributed by atoms with van der Waals surface area (Å²) in [5, 5.41) is 0. The Hall–Kier alpha value is -2.49. The third-order valence-electron chi connectivity index (χ3n) is 6.01. The summed E-state index contributed by atoms with van der Waals surface area (Å²) in [4.78, 5) is 14.6. The van der Waals surface area contributed by atoms with Crippen LogP contribution in [-0.4, -0.2) is 62.6 Å². The van der Waals surface area contributed by atoms with E-state index in [0.29, 0.717) is 37.2 Å². The van der Waals surface area contributed by atoms with Gasteiger partial charge in [-0.3, -0.25) is 4.79 Å². The summed E-state index contributed by atoms with van der Waals surface area (Å²) in [7, 11) is -2.29. The summed E-state index contributed by atoms with van der Waals surface area (Å²) < 4.78 is 52.7. The van der Waals surface area contributed by atoms with Crippen molar-refractivity contribution in [1.82, 2.24) is 9.21 Å². The molecule has 1 amide bonds. The molecule has 2 aliphatic rings. The molecule has 2 aliphatic heterocycles. The number of likely N-dealkylation sites (tertiary alicyclic amines) is 1. The Labute approximate surface area is 181 Å². The van der Waals surface area contributed by atoms with Crippen LogP contribution in [0.15, 0.2) is 47.4 Å². The largest absolute Gasteiger partial charge is 0.497 e. The Morgan fingerprint density at radius 1 is 1.10 bits per heavy atom. The molecule has 0 atom stereocenters. The van der Waals surface area contributed by atoms with Crippen LogP contribution in [0.25, 0.3) is 0 Å². The van der Waals surface area contributed by atoms with E-state index in [1.165, 1.54) is 29.4 Å². The third kappa shape index (κ3) is 3.93. The second-order valence-corrected chi connectivity index (χ2v) is 9.67. The molecule has 1 spiro atoms. The first kappa shape index (κ1) is 21.7. The minimum atomic E-state index is -3.86. The molecule has 31 heavy (non-hydrogen) atoms. The van der Waals surface area contributed by atoms with Crippen LogP contribution in [0.5, 0.6) is 5.75 Å². The number of hydrogen-bond donors (Lipinski definition) is 0. The quantitative estimate of drug-likeness (QED) is 0.719. The van der Waals surface area contributed by atoms with Crippen molar-refractivity contribution in [2.45, 2.75) is 30.4 Å². The number of carbonyl (C=O) groups excluding carboxylic acids is 1. The van der Waals surface area contributed by atoms with E-state index in [4.69, 9.17) is 9.47 Å². The molecule has 2 aromatic carbocycles. The fraction of sp³-hybridized carbons (Fsp3) is 0.409. The molecule has 0 unspecified atom stereocenters. The van der Waals surface area contributed by atoms with Crippen molar-refractivity contribution in [3.05, 3.63) is 59.4 Å². The van der Waals surface area contributed by atoms with Crippen LogP contribution in [0.2, 0.25) is 0 Å². The van der Waals surface area contributed by atoms with Gasteiger partial charge in [0.05, 0.1) is 18.6 Å². The summed E-state index contributed by atoms with van der Waals surface area (Å²) in [5.41, 5.74) is -0.164. The van der Waals surface area contributed by atoms with Crippen molar-refractivity contribution in [1.29, 1.82) is 0 Å². The molecule has 7 nitrogen and oxygen atoms in total. The smallest absolute Gasteiger partial charge is 0.253 e. The number of aryl methyl sites for hydroxylation is 1. The van der Waals surface area contributed by atoms with Gasteiger partial charge in [-0.05, 0) is 55.0 Å². The van der Waals surface area contributed by atoms with Gasteiger partial charge in [0.15, 0.2) is 0 Å². The van der Waals surface area contributed by atoms with Crippen LogP contribution in [0.4, 0.5) is 4.39 Å². The van der Waals surface area contributed by atoms with E-state index in [2.05, 4.69) is 0 Å². The lowest BCUT2D eigenvalue weighted by atomic mass is 10.00. The monoisotopic (exact) mass is 448 g/mol. The van der Waals surface area contributed by atoms with E-state index in [9.17, 15) is 17.6 Å². The Morgan fingerprint density at radius 2 is 1.77 bits per heavy atom. The zero-order valence-corrected chi connectivity index (χ0v) is 18.3. The molecule has 2 saturated heterocycles. The first-order valence-electron chi connectivity index (χ1n) is 10.1. The molecule has 0 bridgehead atoms. The van der Waals surface area contributed by atoms with Crippen molar-refractivity contribution in [2.24, 2.45) is 0 Å². The maximum atomic E-state index is 13.6. The normalized spacial score (nSPS) is 19.0. The number of methoxy groups -OCH3 is 1. The minimum Gasteiger partial charge on any atom is -0.497 e. The molecule has 9 heteroatoms. The first-order chi connectivity index (χ1) is 14.8. The van der Waals surface area contributed by atoms with Gasteiger partial charge in [-0.1, -0.05) is 0 Å². The molecular formula is C22H25FN2O5S. The van der Waals surface area contributed by atoms with Gasteiger partial charge < -0.3 is 14.4 Å². The number of amides is 1. The van der Waals surface area contributed by atoms with E-state index >= 15 is 0 Å². The standard InChI is InChI=1S/C22H25FN2O5S/c1-16-15-19(7-8-20(16)23)31(27,28)25-13-14-30-22(25)9-11-24(12-10-22)21(26)17-3-5-18(29-2)6-4-17/h3-8,15H,9-14H2,1-2H3. The molecular weight excluding hydrogens is 423 g/mol. The molecule has 0 N–H and O–H groups in total. The average molecular weight is 449 g/mol. The van der Waals surface area contributed by atoms with Crippen molar-refractivity contribution >= 4 is 15.9 Å². The van der Waals surface area contributed by atoms with E-state index < -0.39 is 21.6 Å². The number of rotatable bonds is 4. The fourth-order valence-corrected chi connectivity index (χ4v) is 6.02. The zero-order valence-electron chi connectivity index (χ0n) is 17.5. The summed E-state index contributed by atoms with van der Waals surface area (Å²) in [6, 6.07) is 10.7. The van der Waals surface area contributed by atoms with Gasteiger partial charge in [0.2, 0.25) is 10.0 Å². The highest BCUT2D eigenvalue weighted by atomic mass is 32.2. The van der Waals surface area contributed by atoms with Crippen LogP contribution in [0.1, 0.15) is 28.8 Å². The van der Waals surface area contributed by atoms with Gasteiger partial charge in [-0.15, -0.1) is 0 Å². The number of sulfonamides is 1. The average Bonchev–Trinajstić information content (AvgIpc) is 3.19. The van der Waals surface area contributed by atoms with Crippen LogP contribution in [0, 0.1) is 12.7 Å². The summed E-state index contributed by atoms with van der Waals surface area (Å²) in [6.07, 6.45) is 0.739. The summed E-state index contributed by atoms with van der Waals surface area (Å²) in [6.45, 7) is 2.80. The highest BCUT2D eigenvalue weighted by Crippen LogP contribution is 2.38. The molecule has 0 aliphatic carbocycles. The van der Waals surface area contributed by atoms with Gasteiger partial charge in [0.25, 0.3) is 5.91 Å². The number of benzene rings is 2. The topological polar surface area (TPSA) is 76.2 Å². The number of hydrogen-bond acceptors (Lipinski definition) is 5. The Bertz CT molecular complexity index is 1080. The van der Waals surface area contributed by atoms with Crippen LogP contribution in [-0.2, 0) is 14.8 Å². The lowest BCUT2D eigenvalue weighted by molar-refractivity contribution is -0.0857. The Kier molecular flexibility index (Phi) is 5.76. The number of carbonyl (C=O) groups is 1. The summed E-state index contributed by atoms with van der Waals surface area (Å²) in [5.74, 6) is 0.112. The van der Waals surface area contributed by atoms with E-state index in [1.807, 2.05) is 0 Å². The van der Waals surface area contributed by atoms with Crippen molar-refractivity contribution in [3.63, 3.8) is 0 Å². The van der Waals surface area contributed by atoms with Crippen molar-refractivity contribution in [2.75, 3.05) is 33.4 Å². The number of nitrogens with zero attached hydrogens (tertiary/aromatic N) is 2. The SMILES string of the molecule is COc1ccc(C(=O)N2CCC3(CC2)OCCN3S(=O)(=O)c2ccc(F)c(C)c2)cc1. The lowest BCUT2D eigenvalue weighted by Crippen LogP contribution is -2.55. The first-order valence-corrected chi connectivity index (χ1v) is 11.6. The maximum Gasteiger partial charge on any atom is 0.253 e. The van der Waals surface area contributed by atoms with Crippen LogP contribution < -0.4 is 4.74 Å². The molecule has 4 rings (SSSR count). The van der Waals surface area contributed by atoms with Gasteiger partial charge in [-0.25, -0.2) is 12.8 Å². The lowest BCUT2D eigenvalue weighted by Gasteiger charge is -2.42. The maximum absolute atomic E-state index is 13.6. The van der Waals surface area contributed by atoms with Crippen molar-refractivity contribution < 1.29 is 27.1 Å². The van der Waals surface area contributed by atoms with Crippen molar-refractivity contribution in [3.8, 4) is 5.75 Å². The Morgan fingerprint density at radius 3 is 2.39 bits per heavy atom. The summed E-state index contributed by atoms with van der Waals surface area (Å²) >= 11 is 0. The van der Waals surface area contributed by atoms with Gasteiger partial charge in [0.1, 0.15) is 17.3 Å². The number of ether oxygens (including phenoxy) is 2. The molecule has 2 heterocycles. The Balaban J connectivity index is 1.51. The van der Waals surface area contributed by atoms with E-state index in [-0.39, 0.29) is 29.5 Å². The highest BCUT2D eigenvalue weighted by Gasteiger charge is 2.51. The molecule has 2 fully saturated rings. The van der Waals surface area contributed by atoms with Gasteiger partial charge in [0, 0.05) is 38.0 Å². The number of halogens is 1. The third-order valence-corrected chi connectivity index (χ3v) is 7.95. The molecule has 2 aromatic rings. The van der Waals surface area contributed by atoms with Gasteiger partial charge >= 0.3 is 0 Å². The van der Waals surface area contributed by atoms with E-state index in [1.54, 1.807) is 36.3 Å². The second-order valence-electron chi connectivity index (χ2n) is 7.80. The highest BCUT2D eigenvalue weighted by molar-refractivity contribution is 7.89. The molecule has 166 valence electrons. The fourth-order valence-electron chi connectivity index (χ4n) is 4.21. The van der Waals surface area contributed by atoms with Gasteiger partial charge in [-0.2, -0.15) is 4.31 Å². The zero-order chi connectivity index (χ0) is 22.2. The van der Waals surface area contributed by atoms with Crippen LogP contribution in [0.3, 0.4) is 0 Å². The molecule has 0 saturated carbocycles. The second kappa shape index (κ2) is 8.22. The predicted molar refractivity (Wildman–Crippen MR) is 112 cm³/mol. The molecule has 0 aromatic heterocycles. The predicted octanol–water partition coefficient (Wildman–Crippen LogP) is 2.80. The molecule has 0 radical (unpaired) electrons. The van der Waals surface area contributed by atoms with E-state index in [0.717, 1.165) is 0 Å². The van der Waals surface area contributed by atoms with Crippen LogP contribution >= 0.6 is 0 Å². The number of piperidine rings is 1.